The lowest BCUT2D eigenvalue weighted by Gasteiger charge is -2.10. The third-order valence-electron chi connectivity index (χ3n) is 4.14. The van der Waals surface area contributed by atoms with E-state index in [9.17, 15) is 4.79 Å². The quantitative estimate of drug-likeness (QED) is 0.674. The molecule has 5 nitrogen and oxygen atoms in total. The summed E-state index contributed by atoms with van der Waals surface area (Å²) in [6.07, 6.45) is 5.58. The molecule has 0 spiro atoms. The van der Waals surface area contributed by atoms with Gasteiger partial charge in [-0.2, -0.15) is 0 Å². The standard InChI is InChI=1S/C16H14Cl2N4O/c17-10-6-11(18)8-12(7-10)22-9-19-14-15(22)20-13-4-2-1-3-5-21(13)16(14)23/h6-9H,1-5H2. The molecule has 0 unspecified atom stereocenters. The first-order valence-electron chi connectivity index (χ1n) is 7.57. The van der Waals surface area contributed by atoms with Gasteiger partial charge in [0.05, 0.1) is 5.69 Å². The molecule has 7 heteroatoms. The normalized spacial score (nSPS) is 14.7. The fraction of sp³-hybridized carbons (Fsp3) is 0.312. The molecule has 0 amide bonds. The molecule has 1 aromatic carbocycles. The van der Waals surface area contributed by atoms with E-state index in [0.717, 1.165) is 37.2 Å². The molecule has 0 fully saturated rings. The molecule has 0 aliphatic carbocycles. The second-order valence-electron chi connectivity index (χ2n) is 5.71. The van der Waals surface area contributed by atoms with Gasteiger partial charge in [-0.1, -0.05) is 29.6 Å². The molecule has 3 heterocycles. The predicted molar refractivity (Wildman–Crippen MR) is 90.7 cm³/mol. The van der Waals surface area contributed by atoms with Crippen molar-refractivity contribution in [3.05, 3.63) is 50.7 Å². The Bertz CT molecular complexity index is 940. The lowest BCUT2D eigenvalue weighted by molar-refractivity contribution is 0.613. The van der Waals surface area contributed by atoms with Gasteiger partial charge in [0, 0.05) is 23.0 Å². The van der Waals surface area contributed by atoms with E-state index in [4.69, 9.17) is 28.2 Å². The Morgan fingerprint density at radius 3 is 2.61 bits per heavy atom. The molecule has 0 atom stereocenters. The number of halogens is 2. The molecular weight excluding hydrogens is 335 g/mol. The Morgan fingerprint density at radius 2 is 1.83 bits per heavy atom. The molecule has 1 aliphatic rings. The van der Waals surface area contributed by atoms with Gasteiger partial charge in [0.25, 0.3) is 5.56 Å². The van der Waals surface area contributed by atoms with E-state index in [1.165, 1.54) is 0 Å². The van der Waals surface area contributed by atoms with E-state index in [0.29, 0.717) is 27.8 Å². The number of rotatable bonds is 1. The second-order valence-corrected chi connectivity index (χ2v) is 6.58. The van der Waals surface area contributed by atoms with E-state index in [2.05, 4.69) is 4.98 Å². The smallest absolute Gasteiger partial charge is 0.281 e. The fourth-order valence-electron chi connectivity index (χ4n) is 3.05. The van der Waals surface area contributed by atoms with Gasteiger partial charge >= 0.3 is 0 Å². The molecule has 0 saturated carbocycles. The van der Waals surface area contributed by atoms with E-state index >= 15 is 0 Å². The summed E-state index contributed by atoms with van der Waals surface area (Å²) >= 11 is 12.2. The maximum absolute atomic E-state index is 12.7. The summed E-state index contributed by atoms with van der Waals surface area (Å²) in [6.45, 7) is 0.715. The van der Waals surface area contributed by atoms with Crippen LogP contribution in [-0.2, 0) is 13.0 Å². The van der Waals surface area contributed by atoms with E-state index in [1.807, 2.05) is 0 Å². The molecule has 118 valence electrons. The predicted octanol–water partition coefficient (Wildman–Crippen LogP) is 3.62. The summed E-state index contributed by atoms with van der Waals surface area (Å²) in [7, 11) is 0. The monoisotopic (exact) mass is 348 g/mol. The van der Waals surface area contributed by atoms with Gasteiger partial charge in [0.15, 0.2) is 11.2 Å². The topological polar surface area (TPSA) is 52.7 Å². The summed E-state index contributed by atoms with van der Waals surface area (Å²) in [4.78, 5) is 21.7. The highest BCUT2D eigenvalue weighted by atomic mass is 35.5. The van der Waals surface area contributed by atoms with Crippen molar-refractivity contribution in [2.75, 3.05) is 0 Å². The van der Waals surface area contributed by atoms with Crippen LogP contribution in [-0.4, -0.2) is 19.1 Å². The van der Waals surface area contributed by atoms with Crippen LogP contribution < -0.4 is 5.56 Å². The largest absolute Gasteiger partial charge is 0.295 e. The zero-order valence-corrected chi connectivity index (χ0v) is 13.8. The molecule has 1 aliphatic heterocycles. The van der Waals surface area contributed by atoms with Crippen LogP contribution in [0.25, 0.3) is 16.9 Å². The number of hydrogen-bond acceptors (Lipinski definition) is 3. The first kappa shape index (κ1) is 14.7. The van der Waals surface area contributed by atoms with Crippen LogP contribution in [0.4, 0.5) is 0 Å². The van der Waals surface area contributed by atoms with Gasteiger partial charge < -0.3 is 0 Å². The number of fused-ring (bicyclic) bond motifs is 2. The Balaban J connectivity index is 1.98. The zero-order chi connectivity index (χ0) is 16.0. The van der Waals surface area contributed by atoms with Crippen molar-refractivity contribution < 1.29 is 0 Å². The average molecular weight is 349 g/mol. The minimum atomic E-state index is -0.0706. The van der Waals surface area contributed by atoms with Crippen LogP contribution in [0, 0.1) is 0 Å². The van der Waals surface area contributed by atoms with Crippen LogP contribution in [0.5, 0.6) is 0 Å². The molecule has 23 heavy (non-hydrogen) atoms. The Morgan fingerprint density at radius 1 is 1.04 bits per heavy atom. The van der Waals surface area contributed by atoms with Crippen LogP contribution in [0.2, 0.25) is 10.0 Å². The van der Waals surface area contributed by atoms with Crippen molar-refractivity contribution in [2.24, 2.45) is 0 Å². The lowest BCUT2D eigenvalue weighted by atomic mass is 10.2. The van der Waals surface area contributed by atoms with E-state index < -0.39 is 0 Å². The van der Waals surface area contributed by atoms with Gasteiger partial charge in [-0.15, -0.1) is 0 Å². The van der Waals surface area contributed by atoms with E-state index in [1.54, 1.807) is 33.7 Å². The van der Waals surface area contributed by atoms with Crippen LogP contribution >= 0.6 is 23.2 Å². The lowest BCUT2D eigenvalue weighted by Crippen LogP contribution is -2.24. The molecule has 0 bridgehead atoms. The highest BCUT2D eigenvalue weighted by Gasteiger charge is 2.17. The van der Waals surface area contributed by atoms with Crippen LogP contribution in [0.1, 0.15) is 25.1 Å². The molecule has 4 rings (SSSR count). The van der Waals surface area contributed by atoms with Gasteiger partial charge in [0.1, 0.15) is 12.2 Å². The first-order chi connectivity index (χ1) is 11.1. The van der Waals surface area contributed by atoms with Crippen LogP contribution in [0.15, 0.2) is 29.3 Å². The van der Waals surface area contributed by atoms with Crippen molar-refractivity contribution in [3.8, 4) is 5.69 Å². The summed E-state index contributed by atoms with van der Waals surface area (Å²) < 4.78 is 3.53. The number of nitrogens with zero attached hydrogens (tertiary/aromatic N) is 4. The maximum Gasteiger partial charge on any atom is 0.281 e. The first-order valence-corrected chi connectivity index (χ1v) is 8.32. The van der Waals surface area contributed by atoms with Crippen molar-refractivity contribution in [1.29, 1.82) is 0 Å². The third kappa shape index (κ3) is 2.54. The second kappa shape index (κ2) is 5.65. The number of benzene rings is 1. The van der Waals surface area contributed by atoms with Crippen LogP contribution in [0.3, 0.4) is 0 Å². The Hall–Kier alpha value is -1.85. The third-order valence-corrected chi connectivity index (χ3v) is 4.58. The molecule has 2 aromatic heterocycles. The minimum Gasteiger partial charge on any atom is -0.295 e. The highest BCUT2D eigenvalue weighted by molar-refractivity contribution is 6.34. The summed E-state index contributed by atoms with van der Waals surface area (Å²) in [6, 6.07) is 5.22. The van der Waals surface area contributed by atoms with Crippen molar-refractivity contribution in [3.63, 3.8) is 0 Å². The molecule has 0 N–H and O–H groups in total. The Labute approximate surface area is 142 Å². The number of aromatic nitrogens is 4. The SMILES string of the molecule is O=c1c2ncn(-c3cc(Cl)cc(Cl)c3)c2nc2n1CCCCC2. The van der Waals surface area contributed by atoms with Gasteiger partial charge in [-0.3, -0.25) is 13.9 Å². The average Bonchev–Trinajstić information content (AvgIpc) is 2.77. The summed E-state index contributed by atoms with van der Waals surface area (Å²) in [5, 5.41) is 1.06. The van der Waals surface area contributed by atoms with Crippen molar-refractivity contribution in [1.82, 2.24) is 19.1 Å². The van der Waals surface area contributed by atoms with Crippen molar-refractivity contribution >= 4 is 34.4 Å². The minimum absolute atomic E-state index is 0.0706. The van der Waals surface area contributed by atoms with Gasteiger partial charge in [-0.05, 0) is 31.0 Å². The summed E-state index contributed by atoms with van der Waals surface area (Å²) in [5.74, 6) is 0.829. The molecule has 0 radical (unpaired) electrons. The fourth-order valence-corrected chi connectivity index (χ4v) is 3.56. The van der Waals surface area contributed by atoms with E-state index in [-0.39, 0.29) is 5.56 Å². The highest BCUT2D eigenvalue weighted by Crippen LogP contribution is 2.24. The maximum atomic E-state index is 12.7. The van der Waals surface area contributed by atoms with Crippen molar-refractivity contribution in [2.45, 2.75) is 32.2 Å². The number of hydrogen-bond donors (Lipinski definition) is 0. The zero-order valence-electron chi connectivity index (χ0n) is 12.3. The number of aryl methyl sites for hydroxylation is 1. The number of imidazole rings is 1. The molecular formula is C16H14Cl2N4O. The Kier molecular flexibility index (Phi) is 3.62. The van der Waals surface area contributed by atoms with Gasteiger partial charge in [-0.25, -0.2) is 9.97 Å². The molecule has 3 aromatic rings. The molecule has 0 saturated heterocycles. The van der Waals surface area contributed by atoms with Gasteiger partial charge in [0.2, 0.25) is 0 Å². The summed E-state index contributed by atoms with van der Waals surface area (Å²) in [5.41, 5.74) is 1.61.